The molecule has 0 amide bonds. The highest BCUT2D eigenvalue weighted by atomic mass is 19.4. The van der Waals surface area contributed by atoms with E-state index in [1.807, 2.05) is 13.8 Å². The molecule has 1 aliphatic rings. The van der Waals surface area contributed by atoms with Gasteiger partial charge in [-0.05, 0) is 30.0 Å². The fourth-order valence-electron chi connectivity index (χ4n) is 2.90. The molecule has 1 aliphatic heterocycles. The number of hydrogen-bond acceptors (Lipinski definition) is 2. The number of hydrogen-bond donors (Lipinski definition) is 1. The third-order valence-corrected chi connectivity index (χ3v) is 3.97. The van der Waals surface area contributed by atoms with Gasteiger partial charge >= 0.3 is 6.18 Å². The first-order chi connectivity index (χ1) is 10.3. The average Bonchev–Trinajstić information content (AvgIpc) is 2.45. The van der Waals surface area contributed by atoms with Gasteiger partial charge in [-0.1, -0.05) is 19.9 Å². The number of nitrogens with zero attached hydrogens (tertiary/aromatic N) is 1. The van der Waals surface area contributed by atoms with Crippen molar-refractivity contribution in [2.45, 2.75) is 32.5 Å². The molecule has 0 aromatic heterocycles. The van der Waals surface area contributed by atoms with Crippen LogP contribution in [0.5, 0.6) is 0 Å². The van der Waals surface area contributed by atoms with Crippen molar-refractivity contribution in [3.8, 4) is 0 Å². The van der Waals surface area contributed by atoms with E-state index in [0.717, 1.165) is 44.7 Å². The molecular weight excluding hydrogens is 296 g/mol. The second-order valence-electron chi connectivity index (χ2n) is 6.17. The Balaban J connectivity index is 2.34. The number of alkyl halides is 3. The van der Waals surface area contributed by atoms with Gasteiger partial charge in [0.05, 0.1) is 5.56 Å². The smallest absolute Gasteiger partial charge is 0.314 e. The highest BCUT2D eigenvalue weighted by Crippen LogP contribution is 2.35. The second kappa shape index (κ2) is 6.96. The summed E-state index contributed by atoms with van der Waals surface area (Å²) in [6.45, 7) is 7.31. The van der Waals surface area contributed by atoms with Crippen LogP contribution in [0.2, 0.25) is 0 Å². The summed E-state index contributed by atoms with van der Waals surface area (Å²) < 4.78 is 52.3. The van der Waals surface area contributed by atoms with Gasteiger partial charge in [-0.2, -0.15) is 13.2 Å². The third-order valence-electron chi connectivity index (χ3n) is 3.97. The maximum atomic E-state index is 13.5. The van der Waals surface area contributed by atoms with Crippen molar-refractivity contribution in [3.05, 3.63) is 35.1 Å². The van der Waals surface area contributed by atoms with Crippen molar-refractivity contribution < 1.29 is 17.6 Å². The van der Waals surface area contributed by atoms with Crippen LogP contribution in [0.3, 0.4) is 0 Å². The van der Waals surface area contributed by atoms with Gasteiger partial charge in [0.1, 0.15) is 5.82 Å². The van der Waals surface area contributed by atoms with Gasteiger partial charge < -0.3 is 5.32 Å². The molecule has 1 atom stereocenters. The first-order valence-corrected chi connectivity index (χ1v) is 7.60. The Labute approximate surface area is 128 Å². The summed E-state index contributed by atoms with van der Waals surface area (Å²) in [6.07, 6.45) is -3.91. The molecular formula is C16H22F4N2. The van der Waals surface area contributed by atoms with Crippen molar-refractivity contribution in [2.24, 2.45) is 5.92 Å². The highest BCUT2D eigenvalue weighted by Gasteiger charge is 2.35. The van der Waals surface area contributed by atoms with E-state index < -0.39 is 17.6 Å². The molecule has 6 heteroatoms. The number of benzene rings is 1. The molecule has 2 nitrogen and oxygen atoms in total. The van der Waals surface area contributed by atoms with Gasteiger partial charge in [0.2, 0.25) is 0 Å². The molecule has 1 aromatic rings. The van der Waals surface area contributed by atoms with Gasteiger partial charge in [-0.3, -0.25) is 4.90 Å². The lowest BCUT2D eigenvalue weighted by Crippen LogP contribution is -2.45. The molecule has 0 aliphatic carbocycles. The molecule has 1 fully saturated rings. The van der Waals surface area contributed by atoms with Crippen LogP contribution in [-0.2, 0) is 6.18 Å². The fourth-order valence-corrected chi connectivity index (χ4v) is 2.90. The van der Waals surface area contributed by atoms with Crippen LogP contribution in [-0.4, -0.2) is 31.1 Å². The van der Waals surface area contributed by atoms with Crippen LogP contribution < -0.4 is 5.32 Å². The Morgan fingerprint density at radius 1 is 1.18 bits per heavy atom. The number of rotatable bonds is 4. The molecule has 124 valence electrons. The van der Waals surface area contributed by atoms with Crippen LogP contribution in [0.15, 0.2) is 18.2 Å². The summed E-state index contributed by atoms with van der Waals surface area (Å²) in [7, 11) is 0. The molecule has 2 rings (SSSR count). The summed E-state index contributed by atoms with van der Waals surface area (Å²) in [5.74, 6) is -0.862. The van der Waals surface area contributed by atoms with Gasteiger partial charge in [-0.15, -0.1) is 0 Å². The molecule has 0 unspecified atom stereocenters. The molecule has 0 saturated carbocycles. The monoisotopic (exact) mass is 318 g/mol. The molecule has 1 heterocycles. The van der Waals surface area contributed by atoms with E-state index in [1.165, 1.54) is 6.07 Å². The molecule has 1 aromatic carbocycles. The van der Waals surface area contributed by atoms with Crippen LogP contribution in [0.25, 0.3) is 0 Å². The number of nitrogens with one attached hydrogen (secondary N) is 1. The van der Waals surface area contributed by atoms with Crippen LogP contribution in [0.4, 0.5) is 17.6 Å². The fraction of sp³-hybridized carbons (Fsp3) is 0.625. The van der Waals surface area contributed by atoms with E-state index in [4.69, 9.17) is 0 Å². The maximum absolute atomic E-state index is 13.5. The zero-order valence-corrected chi connectivity index (χ0v) is 12.9. The lowest BCUT2D eigenvalue weighted by atomic mass is 9.93. The summed E-state index contributed by atoms with van der Waals surface area (Å²) >= 11 is 0. The van der Waals surface area contributed by atoms with Crippen molar-refractivity contribution in [1.29, 1.82) is 0 Å². The van der Waals surface area contributed by atoms with Crippen LogP contribution in [0.1, 0.15) is 37.4 Å². The predicted molar refractivity (Wildman–Crippen MR) is 78.0 cm³/mol. The highest BCUT2D eigenvalue weighted by molar-refractivity contribution is 5.29. The summed E-state index contributed by atoms with van der Waals surface area (Å²) in [4.78, 5) is 2.18. The largest absolute Gasteiger partial charge is 0.419 e. The van der Waals surface area contributed by atoms with E-state index in [9.17, 15) is 17.6 Å². The minimum Gasteiger partial charge on any atom is -0.314 e. The SMILES string of the molecule is CC(C)C[C@@H](c1ccc(F)c(C(F)(F)F)c1)N1CCNCC1. The van der Waals surface area contributed by atoms with Gasteiger partial charge in [-0.25, -0.2) is 4.39 Å². The first-order valence-electron chi connectivity index (χ1n) is 7.60. The zero-order valence-electron chi connectivity index (χ0n) is 12.9. The van der Waals surface area contributed by atoms with Crippen molar-refractivity contribution in [1.82, 2.24) is 10.2 Å². The summed E-state index contributed by atoms with van der Waals surface area (Å²) in [5.41, 5.74) is -0.627. The Kier molecular flexibility index (Phi) is 5.45. The van der Waals surface area contributed by atoms with Gasteiger partial charge in [0, 0.05) is 32.2 Å². The summed E-state index contributed by atoms with van der Waals surface area (Å²) in [5, 5.41) is 3.24. The minimum atomic E-state index is -4.66. The van der Waals surface area contributed by atoms with E-state index in [2.05, 4.69) is 10.2 Å². The molecule has 22 heavy (non-hydrogen) atoms. The molecule has 0 radical (unpaired) electrons. The van der Waals surface area contributed by atoms with Gasteiger partial charge in [0.15, 0.2) is 0 Å². The summed E-state index contributed by atoms with van der Waals surface area (Å²) in [6, 6.07) is 3.29. The van der Waals surface area contributed by atoms with Crippen LogP contribution in [0, 0.1) is 11.7 Å². The Morgan fingerprint density at radius 2 is 1.82 bits per heavy atom. The van der Waals surface area contributed by atoms with Crippen molar-refractivity contribution in [3.63, 3.8) is 0 Å². The first kappa shape index (κ1) is 17.2. The Bertz CT molecular complexity index is 493. The number of piperazine rings is 1. The lowest BCUT2D eigenvalue weighted by molar-refractivity contribution is -0.140. The normalized spacial score (nSPS) is 18.7. The van der Waals surface area contributed by atoms with Crippen molar-refractivity contribution in [2.75, 3.05) is 26.2 Å². The second-order valence-corrected chi connectivity index (χ2v) is 6.17. The quantitative estimate of drug-likeness (QED) is 0.849. The average molecular weight is 318 g/mol. The minimum absolute atomic E-state index is 0.108. The molecule has 0 spiro atoms. The maximum Gasteiger partial charge on any atom is 0.419 e. The van der Waals surface area contributed by atoms with E-state index in [1.54, 1.807) is 0 Å². The van der Waals surface area contributed by atoms with E-state index in [-0.39, 0.29) is 6.04 Å². The molecule has 1 N–H and O–H groups in total. The zero-order chi connectivity index (χ0) is 16.3. The third kappa shape index (κ3) is 4.20. The van der Waals surface area contributed by atoms with Crippen LogP contribution >= 0.6 is 0 Å². The van der Waals surface area contributed by atoms with E-state index in [0.29, 0.717) is 11.5 Å². The Morgan fingerprint density at radius 3 is 2.36 bits per heavy atom. The molecule has 0 bridgehead atoms. The topological polar surface area (TPSA) is 15.3 Å². The molecule has 1 saturated heterocycles. The van der Waals surface area contributed by atoms with E-state index >= 15 is 0 Å². The van der Waals surface area contributed by atoms with Crippen molar-refractivity contribution >= 4 is 0 Å². The predicted octanol–water partition coefficient (Wildman–Crippen LogP) is 3.84. The number of halogens is 4. The standard InChI is InChI=1S/C16H22F4N2/c1-11(2)9-15(22-7-5-21-6-8-22)12-3-4-14(17)13(10-12)16(18,19)20/h3-4,10-11,15,21H,5-9H2,1-2H3/t15-/m0/s1. The van der Waals surface area contributed by atoms with Gasteiger partial charge in [0.25, 0.3) is 0 Å². The Hall–Kier alpha value is -1.14. The lowest BCUT2D eigenvalue weighted by Gasteiger charge is -2.36.